The first-order chi connectivity index (χ1) is 9.08. The monoisotopic (exact) mass is 285 g/mol. The summed E-state index contributed by atoms with van der Waals surface area (Å²) < 4.78 is 39.1. The Bertz CT molecular complexity index is 621. The van der Waals surface area contributed by atoms with E-state index < -0.39 is 12.6 Å². The third-order valence-electron chi connectivity index (χ3n) is 3.06. The predicted molar refractivity (Wildman–Crippen MR) is 73.5 cm³/mol. The molecule has 0 aliphatic heterocycles. The molecule has 3 nitrogen and oxygen atoms in total. The summed E-state index contributed by atoms with van der Waals surface area (Å²) >= 11 is 0. The van der Waals surface area contributed by atoms with Crippen molar-refractivity contribution in [1.82, 2.24) is 9.55 Å². The fourth-order valence-corrected chi connectivity index (χ4v) is 2.18. The Morgan fingerprint density at radius 3 is 2.40 bits per heavy atom. The van der Waals surface area contributed by atoms with E-state index in [0.29, 0.717) is 22.5 Å². The average Bonchev–Trinajstić information content (AvgIpc) is 2.62. The Balaban J connectivity index is 2.53. The number of rotatable bonds is 2. The second kappa shape index (κ2) is 4.68. The van der Waals surface area contributed by atoms with Gasteiger partial charge in [0, 0.05) is 17.6 Å². The number of aryl methyl sites for hydroxylation is 1. The molecule has 0 unspecified atom stereocenters. The molecule has 2 N–H and O–H groups in total. The van der Waals surface area contributed by atoms with Crippen molar-refractivity contribution in [2.45, 2.75) is 45.3 Å². The largest absolute Gasteiger partial charge is 0.399 e. The molecule has 1 aromatic carbocycles. The van der Waals surface area contributed by atoms with Crippen LogP contribution >= 0.6 is 0 Å². The average molecular weight is 285 g/mol. The van der Waals surface area contributed by atoms with Crippen LogP contribution in [0, 0.1) is 0 Å². The van der Waals surface area contributed by atoms with E-state index in [4.69, 9.17) is 5.73 Å². The van der Waals surface area contributed by atoms with Gasteiger partial charge in [-0.05, 0) is 18.2 Å². The van der Waals surface area contributed by atoms with Crippen molar-refractivity contribution in [3.63, 3.8) is 0 Å². The first-order valence-electron chi connectivity index (χ1n) is 6.41. The van der Waals surface area contributed by atoms with E-state index in [1.807, 2.05) is 20.8 Å². The highest BCUT2D eigenvalue weighted by Gasteiger charge is 2.29. The SMILES string of the molecule is CC(C)(C)c1nc2cc(N)ccc2n1CCC(F)(F)F. The van der Waals surface area contributed by atoms with Gasteiger partial charge in [0.25, 0.3) is 0 Å². The molecule has 0 radical (unpaired) electrons. The minimum atomic E-state index is -4.18. The lowest BCUT2D eigenvalue weighted by molar-refractivity contribution is -0.136. The van der Waals surface area contributed by atoms with Gasteiger partial charge in [-0.2, -0.15) is 13.2 Å². The molecular weight excluding hydrogens is 267 g/mol. The van der Waals surface area contributed by atoms with Crippen molar-refractivity contribution < 1.29 is 13.2 Å². The zero-order chi connectivity index (χ0) is 15.1. The van der Waals surface area contributed by atoms with Crippen molar-refractivity contribution in [3.8, 4) is 0 Å². The molecule has 0 amide bonds. The summed E-state index contributed by atoms with van der Waals surface area (Å²) in [5, 5.41) is 0. The van der Waals surface area contributed by atoms with E-state index in [2.05, 4.69) is 4.98 Å². The van der Waals surface area contributed by atoms with Crippen LogP contribution in [-0.2, 0) is 12.0 Å². The number of hydrogen-bond donors (Lipinski definition) is 1. The lowest BCUT2D eigenvalue weighted by Crippen LogP contribution is -2.21. The highest BCUT2D eigenvalue weighted by atomic mass is 19.4. The molecule has 20 heavy (non-hydrogen) atoms. The number of nitrogens with two attached hydrogens (primary N) is 1. The number of fused-ring (bicyclic) bond motifs is 1. The first kappa shape index (κ1) is 14.7. The molecule has 0 aliphatic carbocycles. The topological polar surface area (TPSA) is 43.8 Å². The van der Waals surface area contributed by atoms with Gasteiger partial charge in [-0.15, -0.1) is 0 Å². The number of halogens is 3. The van der Waals surface area contributed by atoms with Crippen molar-refractivity contribution in [2.75, 3.05) is 5.73 Å². The molecule has 6 heteroatoms. The maximum absolute atomic E-state index is 12.5. The fourth-order valence-electron chi connectivity index (χ4n) is 2.18. The maximum Gasteiger partial charge on any atom is 0.390 e. The molecule has 0 bridgehead atoms. The van der Waals surface area contributed by atoms with Crippen LogP contribution in [-0.4, -0.2) is 15.7 Å². The maximum atomic E-state index is 12.5. The molecule has 0 saturated carbocycles. The van der Waals surface area contributed by atoms with Crippen LogP contribution in [0.5, 0.6) is 0 Å². The van der Waals surface area contributed by atoms with E-state index in [9.17, 15) is 13.2 Å². The van der Waals surface area contributed by atoms with Crippen molar-refractivity contribution in [1.29, 1.82) is 0 Å². The Kier molecular flexibility index (Phi) is 3.44. The lowest BCUT2D eigenvalue weighted by Gasteiger charge is -2.20. The highest BCUT2D eigenvalue weighted by Crippen LogP contribution is 2.29. The Hall–Kier alpha value is -1.72. The van der Waals surface area contributed by atoms with E-state index >= 15 is 0 Å². The summed E-state index contributed by atoms with van der Waals surface area (Å²) in [5.74, 6) is 0.641. The van der Waals surface area contributed by atoms with Gasteiger partial charge in [-0.3, -0.25) is 0 Å². The van der Waals surface area contributed by atoms with Crippen LogP contribution in [0.1, 0.15) is 33.0 Å². The Labute approximate surface area is 115 Å². The molecular formula is C14H18F3N3. The van der Waals surface area contributed by atoms with E-state index in [1.54, 1.807) is 22.8 Å². The zero-order valence-electron chi connectivity index (χ0n) is 11.8. The molecule has 0 spiro atoms. The third-order valence-corrected chi connectivity index (χ3v) is 3.06. The normalized spacial score (nSPS) is 13.1. The molecule has 2 aromatic rings. The number of nitrogen functional groups attached to an aromatic ring is 1. The highest BCUT2D eigenvalue weighted by molar-refractivity contribution is 5.79. The van der Waals surface area contributed by atoms with E-state index in [1.165, 1.54) is 0 Å². The Morgan fingerprint density at radius 2 is 1.85 bits per heavy atom. The molecule has 1 heterocycles. The predicted octanol–water partition coefficient (Wildman–Crippen LogP) is 3.87. The van der Waals surface area contributed by atoms with Crippen LogP contribution in [0.25, 0.3) is 11.0 Å². The minimum absolute atomic E-state index is 0.128. The minimum Gasteiger partial charge on any atom is -0.399 e. The van der Waals surface area contributed by atoms with Crippen LogP contribution in [0.2, 0.25) is 0 Å². The zero-order valence-corrected chi connectivity index (χ0v) is 11.8. The lowest BCUT2D eigenvalue weighted by atomic mass is 9.95. The van der Waals surface area contributed by atoms with Crippen molar-refractivity contribution >= 4 is 16.7 Å². The van der Waals surface area contributed by atoms with Gasteiger partial charge in [0.15, 0.2) is 0 Å². The van der Waals surface area contributed by atoms with Crippen molar-refractivity contribution in [2.24, 2.45) is 0 Å². The second-order valence-electron chi connectivity index (χ2n) is 5.95. The summed E-state index contributed by atoms with van der Waals surface area (Å²) in [7, 11) is 0. The smallest absolute Gasteiger partial charge is 0.390 e. The van der Waals surface area contributed by atoms with Gasteiger partial charge in [0.05, 0.1) is 17.5 Å². The number of benzene rings is 1. The molecule has 0 saturated heterocycles. The summed E-state index contributed by atoms with van der Waals surface area (Å²) in [4.78, 5) is 4.46. The number of alkyl halides is 3. The quantitative estimate of drug-likeness (QED) is 0.851. The van der Waals surface area contributed by atoms with Gasteiger partial charge in [-0.1, -0.05) is 20.8 Å². The second-order valence-corrected chi connectivity index (χ2v) is 5.95. The van der Waals surface area contributed by atoms with Gasteiger partial charge in [-0.25, -0.2) is 4.98 Å². The number of imidazole rings is 1. The summed E-state index contributed by atoms with van der Waals surface area (Å²) in [6, 6.07) is 5.10. The molecule has 0 atom stereocenters. The van der Waals surface area contributed by atoms with Crippen LogP contribution in [0.3, 0.4) is 0 Å². The first-order valence-corrected chi connectivity index (χ1v) is 6.41. The third kappa shape index (κ3) is 3.05. The summed E-state index contributed by atoms with van der Waals surface area (Å²) in [6.45, 7) is 5.67. The van der Waals surface area contributed by atoms with Gasteiger partial charge in [0.1, 0.15) is 5.82 Å². The molecule has 2 rings (SSSR count). The number of nitrogens with zero attached hydrogens (tertiary/aromatic N) is 2. The molecule has 1 aromatic heterocycles. The summed E-state index contributed by atoms with van der Waals surface area (Å²) in [6.07, 6.45) is -5.05. The fraction of sp³-hybridized carbons (Fsp3) is 0.500. The van der Waals surface area contributed by atoms with Gasteiger partial charge in [0.2, 0.25) is 0 Å². The van der Waals surface area contributed by atoms with Gasteiger partial charge >= 0.3 is 6.18 Å². The summed E-state index contributed by atoms with van der Waals surface area (Å²) in [5.41, 5.74) is 7.25. The van der Waals surface area contributed by atoms with Gasteiger partial charge < -0.3 is 10.3 Å². The number of hydrogen-bond acceptors (Lipinski definition) is 2. The van der Waals surface area contributed by atoms with Crippen LogP contribution in [0.4, 0.5) is 18.9 Å². The Morgan fingerprint density at radius 1 is 1.20 bits per heavy atom. The van der Waals surface area contributed by atoms with Crippen molar-refractivity contribution in [3.05, 3.63) is 24.0 Å². The molecule has 0 aliphatic rings. The number of aromatic nitrogens is 2. The van der Waals surface area contributed by atoms with E-state index in [-0.39, 0.29) is 12.0 Å². The van der Waals surface area contributed by atoms with Crippen LogP contribution in [0.15, 0.2) is 18.2 Å². The van der Waals surface area contributed by atoms with E-state index in [0.717, 1.165) is 0 Å². The molecule has 0 fully saturated rings. The van der Waals surface area contributed by atoms with Crippen LogP contribution < -0.4 is 5.73 Å². The standard InChI is InChI=1S/C14H18F3N3/c1-13(2,3)12-19-10-8-9(18)4-5-11(10)20(12)7-6-14(15,16)17/h4-5,8H,6-7,18H2,1-3H3. The molecule has 110 valence electrons. The number of anilines is 1.